The first-order valence-corrected chi connectivity index (χ1v) is 11.3. The summed E-state index contributed by atoms with van der Waals surface area (Å²) >= 11 is 12.8. The van der Waals surface area contributed by atoms with Crippen LogP contribution in [0.3, 0.4) is 0 Å². The number of ketones is 1. The van der Waals surface area contributed by atoms with Crippen molar-refractivity contribution in [3.05, 3.63) is 75.5 Å². The first-order chi connectivity index (χ1) is 16.2. The highest BCUT2D eigenvalue weighted by Crippen LogP contribution is 2.38. The predicted octanol–water partition coefficient (Wildman–Crippen LogP) is 5.74. The third-order valence-electron chi connectivity index (χ3n) is 5.01. The summed E-state index contributed by atoms with van der Waals surface area (Å²) in [7, 11) is 0. The largest absolute Gasteiger partial charge is 0.489 e. The number of benzene rings is 2. The summed E-state index contributed by atoms with van der Waals surface area (Å²) in [4.78, 5) is 22.6. The van der Waals surface area contributed by atoms with Gasteiger partial charge in [-0.25, -0.2) is 0 Å². The van der Waals surface area contributed by atoms with Gasteiger partial charge in [-0.3, -0.25) is 9.59 Å². The molecular weight excluding hydrogens is 479 g/mol. The van der Waals surface area contributed by atoms with E-state index in [0.717, 1.165) is 11.1 Å². The molecule has 34 heavy (non-hydrogen) atoms. The van der Waals surface area contributed by atoms with Gasteiger partial charge in [0.25, 0.3) is 0 Å². The third-order valence-corrected chi connectivity index (χ3v) is 5.64. The number of halogens is 2. The minimum Gasteiger partial charge on any atom is -0.489 e. The van der Waals surface area contributed by atoms with E-state index < -0.39 is 12.0 Å². The molecule has 0 bridgehead atoms. The molecule has 0 spiro atoms. The van der Waals surface area contributed by atoms with Crippen molar-refractivity contribution in [3.8, 4) is 17.0 Å². The summed E-state index contributed by atoms with van der Waals surface area (Å²) < 4.78 is 11.6. The molecule has 0 unspecified atom stereocenters. The zero-order chi connectivity index (χ0) is 24.8. The van der Waals surface area contributed by atoms with Gasteiger partial charge in [-0.2, -0.15) is 0 Å². The van der Waals surface area contributed by atoms with Crippen LogP contribution in [0.15, 0.2) is 53.1 Å². The molecule has 1 atom stereocenters. The van der Waals surface area contributed by atoms with Crippen molar-refractivity contribution in [2.24, 2.45) is 5.73 Å². The first-order valence-electron chi connectivity index (χ1n) is 10.5. The van der Waals surface area contributed by atoms with Gasteiger partial charge in [0.1, 0.15) is 29.9 Å². The normalized spacial score (nSPS) is 12.3. The zero-order valence-electron chi connectivity index (χ0n) is 18.6. The second-order valence-electron chi connectivity index (χ2n) is 7.93. The van der Waals surface area contributed by atoms with Crippen molar-refractivity contribution in [2.75, 3.05) is 0 Å². The molecule has 1 heterocycles. The van der Waals surface area contributed by atoms with Crippen molar-refractivity contribution < 1.29 is 24.0 Å². The molecule has 0 aliphatic rings. The van der Waals surface area contributed by atoms with E-state index in [1.54, 1.807) is 48.5 Å². The monoisotopic (exact) mass is 502 g/mol. The summed E-state index contributed by atoms with van der Waals surface area (Å²) in [6.07, 6.45) is 2.64. The van der Waals surface area contributed by atoms with Gasteiger partial charge in [-0.1, -0.05) is 66.5 Å². The van der Waals surface area contributed by atoms with Crippen LogP contribution in [0.5, 0.6) is 5.75 Å². The van der Waals surface area contributed by atoms with E-state index in [2.05, 4.69) is 5.16 Å². The summed E-state index contributed by atoms with van der Waals surface area (Å²) in [5.74, 6) is -0.223. The maximum atomic E-state index is 11.8. The van der Waals surface area contributed by atoms with E-state index in [-0.39, 0.29) is 24.7 Å². The summed E-state index contributed by atoms with van der Waals surface area (Å²) in [5, 5.41) is 13.9. The molecule has 0 saturated carbocycles. The molecule has 0 fully saturated rings. The molecular formula is C25H24Cl2N2O5. The summed E-state index contributed by atoms with van der Waals surface area (Å²) in [6, 6.07) is 11.1. The molecule has 2 aromatic carbocycles. The highest BCUT2D eigenvalue weighted by atomic mass is 35.5. The number of nitrogens with two attached hydrogens (primary N) is 1. The van der Waals surface area contributed by atoms with Gasteiger partial charge < -0.3 is 20.1 Å². The molecule has 3 rings (SSSR count). The number of carbonyl (C=O) groups is 2. The summed E-state index contributed by atoms with van der Waals surface area (Å²) in [6.45, 7) is 4.18. The quantitative estimate of drug-likeness (QED) is 0.339. The van der Waals surface area contributed by atoms with Crippen LogP contribution >= 0.6 is 23.2 Å². The van der Waals surface area contributed by atoms with Crippen molar-refractivity contribution in [3.63, 3.8) is 0 Å². The molecule has 0 aliphatic carbocycles. The Hall–Kier alpha value is -3.13. The number of nitrogens with zero attached hydrogens (tertiary/aromatic N) is 1. The lowest BCUT2D eigenvalue weighted by atomic mass is 10.0. The van der Waals surface area contributed by atoms with Crippen LogP contribution < -0.4 is 10.5 Å². The minimum atomic E-state index is -1.22. The lowest BCUT2D eigenvalue weighted by Crippen LogP contribution is -2.32. The van der Waals surface area contributed by atoms with Crippen LogP contribution in [-0.4, -0.2) is 28.1 Å². The molecule has 7 nitrogen and oxygen atoms in total. The Balaban J connectivity index is 1.74. The Bertz CT molecular complexity index is 1180. The fourth-order valence-electron chi connectivity index (χ4n) is 3.23. The van der Waals surface area contributed by atoms with Gasteiger partial charge >= 0.3 is 5.97 Å². The zero-order valence-corrected chi connectivity index (χ0v) is 20.1. The Kier molecular flexibility index (Phi) is 8.50. The average Bonchev–Trinajstić information content (AvgIpc) is 3.20. The molecule has 0 saturated heterocycles. The standard InChI is InChI=1S/C25H24Cl2N2O5/c1-14(2)24-18(23(29-34-24)22-19(26)4-3-5-20(22)27)13-33-17-10-7-15(8-11-17)6-9-16(30)12-21(28)25(31)32/h3-11,14,21H,12-13,28H2,1-2H3,(H,31,32)/t21-/m0/s1. The topological polar surface area (TPSA) is 116 Å². The number of aliphatic carboxylic acids is 1. The van der Waals surface area contributed by atoms with Crippen molar-refractivity contribution in [1.29, 1.82) is 0 Å². The maximum absolute atomic E-state index is 11.8. The van der Waals surface area contributed by atoms with Crippen molar-refractivity contribution >= 4 is 41.0 Å². The second-order valence-corrected chi connectivity index (χ2v) is 8.75. The minimum absolute atomic E-state index is 0.0698. The molecule has 0 radical (unpaired) electrons. The number of hydrogen-bond acceptors (Lipinski definition) is 6. The van der Waals surface area contributed by atoms with Gasteiger partial charge in [-0.05, 0) is 35.9 Å². The van der Waals surface area contributed by atoms with Crippen LogP contribution in [0.1, 0.15) is 43.1 Å². The van der Waals surface area contributed by atoms with Crippen molar-refractivity contribution in [2.45, 2.75) is 38.8 Å². The van der Waals surface area contributed by atoms with Gasteiger partial charge in [0.2, 0.25) is 0 Å². The number of aromatic nitrogens is 1. The van der Waals surface area contributed by atoms with Crippen molar-refractivity contribution in [1.82, 2.24) is 5.16 Å². The Morgan fingerprint density at radius 1 is 1.15 bits per heavy atom. The Labute approximate surface area is 207 Å². The van der Waals surface area contributed by atoms with Gasteiger partial charge in [0, 0.05) is 17.9 Å². The molecule has 1 aromatic heterocycles. The fraction of sp³-hybridized carbons (Fsp3) is 0.240. The molecule has 178 valence electrons. The van der Waals surface area contributed by atoms with Crippen LogP contribution in [0.2, 0.25) is 10.0 Å². The molecule has 0 amide bonds. The lowest BCUT2D eigenvalue weighted by Gasteiger charge is -2.11. The number of carbonyl (C=O) groups excluding carboxylic acids is 1. The predicted molar refractivity (Wildman–Crippen MR) is 131 cm³/mol. The molecule has 9 heteroatoms. The molecule has 3 aromatic rings. The Morgan fingerprint density at radius 3 is 2.38 bits per heavy atom. The van der Waals surface area contributed by atoms with E-state index >= 15 is 0 Å². The first kappa shape index (κ1) is 25.5. The SMILES string of the molecule is CC(C)c1onc(-c2c(Cl)cccc2Cl)c1COc1ccc(C=CC(=O)C[C@H](N)C(=O)O)cc1. The number of allylic oxidation sites excluding steroid dienone is 1. The van der Waals surface area contributed by atoms with Crippen LogP contribution in [0.25, 0.3) is 17.3 Å². The third kappa shape index (κ3) is 6.26. The number of carboxylic acids is 1. The van der Waals surface area contributed by atoms with E-state index in [9.17, 15) is 9.59 Å². The van der Waals surface area contributed by atoms with Gasteiger partial charge in [-0.15, -0.1) is 0 Å². The fourth-order valence-corrected chi connectivity index (χ4v) is 3.80. The van der Waals surface area contributed by atoms with Gasteiger partial charge in [0.15, 0.2) is 5.78 Å². The number of hydrogen-bond donors (Lipinski definition) is 2. The smallest absolute Gasteiger partial charge is 0.320 e. The lowest BCUT2D eigenvalue weighted by molar-refractivity contribution is -0.139. The summed E-state index contributed by atoms with van der Waals surface area (Å²) in [5.41, 5.74) is 8.02. The van der Waals surface area contributed by atoms with E-state index in [0.29, 0.717) is 32.8 Å². The highest BCUT2D eigenvalue weighted by Gasteiger charge is 2.23. The second kappa shape index (κ2) is 11.3. The van der Waals surface area contributed by atoms with Gasteiger partial charge in [0.05, 0.1) is 15.6 Å². The number of ether oxygens (including phenoxy) is 1. The Morgan fingerprint density at radius 2 is 1.79 bits per heavy atom. The maximum Gasteiger partial charge on any atom is 0.320 e. The number of rotatable bonds is 10. The van der Waals surface area contributed by atoms with Crippen LogP contribution in [0.4, 0.5) is 0 Å². The van der Waals surface area contributed by atoms with Crippen LogP contribution in [-0.2, 0) is 16.2 Å². The van der Waals surface area contributed by atoms with E-state index in [4.69, 9.17) is 43.3 Å². The molecule has 0 aliphatic heterocycles. The molecule has 3 N–H and O–H groups in total. The van der Waals surface area contributed by atoms with E-state index in [1.165, 1.54) is 6.08 Å². The van der Waals surface area contributed by atoms with E-state index in [1.807, 2.05) is 13.8 Å². The van der Waals surface area contributed by atoms with Crippen LogP contribution in [0, 0.1) is 0 Å². The highest BCUT2D eigenvalue weighted by molar-refractivity contribution is 6.39. The number of carboxylic acid groups (broad SMARTS) is 1. The average molecular weight is 503 g/mol.